The third kappa shape index (κ3) is 4.71. The zero-order valence-corrected chi connectivity index (χ0v) is 15.5. The minimum absolute atomic E-state index is 0.0756. The van der Waals surface area contributed by atoms with E-state index in [1.54, 1.807) is 18.4 Å². The molecule has 1 aliphatic heterocycles. The van der Waals surface area contributed by atoms with Crippen LogP contribution in [-0.4, -0.2) is 33.0 Å². The third-order valence-corrected chi connectivity index (χ3v) is 6.19. The van der Waals surface area contributed by atoms with Crippen LogP contribution in [0.5, 0.6) is 0 Å². The number of aryl methyl sites for hydroxylation is 1. The molecule has 1 atom stereocenters. The van der Waals surface area contributed by atoms with Crippen molar-refractivity contribution >= 4 is 10.0 Å². The lowest BCUT2D eigenvalue weighted by Crippen LogP contribution is -2.38. The van der Waals surface area contributed by atoms with Gasteiger partial charge in [0.15, 0.2) is 0 Å². The lowest BCUT2D eigenvalue weighted by Gasteiger charge is -2.29. The highest BCUT2D eigenvalue weighted by atomic mass is 32.2. The molecule has 1 saturated heterocycles. The van der Waals surface area contributed by atoms with E-state index in [9.17, 15) is 8.42 Å². The number of rotatable bonds is 6. The highest BCUT2D eigenvalue weighted by molar-refractivity contribution is 7.89. The summed E-state index contributed by atoms with van der Waals surface area (Å²) >= 11 is 0. The fourth-order valence-electron chi connectivity index (χ4n) is 3.29. The van der Waals surface area contributed by atoms with Gasteiger partial charge in [0.05, 0.1) is 17.2 Å². The second-order valence-corrected chi connectivity index (χ2v) is 8.41. The van der Waals surface area contributed by atoms with Crippen LogP contribution in [0.4, 0.5) is 0 Å². The first-order valence-corrected chi connectivity index (χ1v) is 10.4. The molecule has 0 spiro atoms. The van der Waals surface area contributed by atoms with E-state index in [-0.39, 0.29) is 6.04 Å². The summed E-state index contributed by atoms with van der Waals surface area (Å²) in [5.41, 5.74) is 1.04. The van der Waals surface area contributed by atoms with E-state index >= 15 is 0 Å². The monoisotopic (exact) mass is 362 g/mol. The van der Waals surface area contributed by atoms with Crippen molar-refractivity contribution in [2.24, 2.45) is 0 Å². The maximum Gasteiger partial charge on any atom is 0.240 e. The Morgan fingerprint density at radius 3 is 2.36 bits per heavy atom. The predicted molar refractivity (Wildman–Crippen MR) is 97.9 cm³/mol. The average Bonchev–Trinajstić information content (AvgIpc) is 2.98. The van der Waals surface area contributed by atoms with Crippen LogP contribution in [0.3, 0.4) is 0 Å². The summed E-state index contributed by atoms with van der Waals surface area (Å²) in [7, 11) is -3.53. The van der Waals surface area contributed by atoms with E-state index in [1.807, 2.05) is 31.2 Å². The van der Waals surface area contributed by atoms with Gasteiger partial charge < -0.3 is 4.42 Å². The topological polar surface area (TPSA) is 62.6 Å². The van der Waals surface area contributed by atoms with Gasteiger partial charge in [-0.15, -0.1) is 0 Å². The Morgan fingerprint density at radius 1 is 1.08 bits per heavy atom. The quantitative estimate of drug-likeness (QED) is 0.854. The van der Waals surface area contributed by atoms with Crippen LogP contribution in [0.1, 0.15) is 43.0 Å². The van der Waals surface area contributed by atoms with Crippen LogP contribution in [0.15, 0.2) is 52.0 Å². The Hall–Kier alpha value is -1.63. The second-order valence-electron chi connectivity index (χ2n) is 6.65. The molecular formula is C19H26N2O3S. The van der Waals surface area contributed by atoms with Gasteiger partial charge in [0.25, 0.3) is 0 Å². The molecule has 25 heavy (non-hydrogen) atoms. The van der Waals surface area contributed by atoms with Crippen molar-refractivity contribution in [3.05, 3.63) is 54.0 Å². The number of hydrogen-bond donors (Lipinski definition) is 1. The summed E-state index contributed by atoms with van der Waals surface area (Å²) in [4.78, 5) is 2.64. The smallest absolute Gasteiger partial charge is 0.240 e. The lowest BCUT2D eigenvalue weighted by molar-refractivity contribution is 0.182. The molecule has 2 heterocycles. The van der Waals surface area contributed by atoms with Gasteiger partial charge in [-0.2, -0.15) is 0 Å². The molecule has 1 aromatic carbocycles. The summed E-state index contributed by atoms with van der Waals surface area (Å²) in [6.07, 6.45) is 6.39. The number of nitrogens with one attached hydrogen (secondary N) is 1. The lowest BCUT2D eigenvalue weighted by atomic mass is 10.2. The number of sulfonamides is 1. The van der Waals surface area contributed by atoms with Gasteiger partial charge in [-0.05, 0) is 57.1 Å². The van der Waals surface area contributed by atoms with Crippen LogP contribution in [-0.2, 0) is 10.0 Å². The molecule has 0 bridgehead atoms. The van der Waals surface area contributed by atoms with Crippen molar-refractivity contribution in [3.63, 3.8) is 0 Å². The molecular weight excluding hydrogens is 336 g/mol. The van der Waals surface area contributed by atoms with Crippen LogP contribution < -0.4 is 4.72 Å². The number of benzene rings is 1. The molecule has 0 aliphatic carbocycles. The zero-order chi connectivity index (χ0) is 17.7. The molecule has 1 unspecified atom stereocenters. The summed E-state index contributed by atoms with van der Waals surface area (Å²) in [6, 6.07) is 10.6. The number of likely N-dealkylation sites (tertiary alicyclic amines) is 1. The standard InChI is InChI=1S/C19H26N2O3S/c1-16-8-10-17(11-9-16)25(22,23)20-15-18(19-7-6-14-24-19)21-12-4-2-3-5-13-21/h6-11,14,18,20H,2-5,12-13,15H2,1H3. The Balaban J connectivity index is 1.75. The van der Waals surface area contributed by atoms with Crippen molar-refractivity contribution < 1.29 is 12.8 Å². The molecule has 1 N–H and O–H groups in total. The van der Waals surface area contributed by atoms with Crippen molar-refractivity contribution in [2.45, 2.75) is 43.5 Å². The first kappa shape index (κ1) is 18.2. The molecule has 1 aromatic heterocycles. The highest BCUT2D eigenvalue weighted by Gasteiger charge is 2.26. The molecule has 0 radical (unpaired) electrons. The summed E-state index contributed by atoms with van der Waals surface area (Å²) < 4.78 is 33.6. The second kappa shape index (κ2) is 8.17. The van der Waals surface area contributed by atoms with E-state index in [0.717, 1.165) is 37.3 Å². The first-order chi connectivity index (χ1) is 12.1. The molecule has 6 heteroatoms. The highest BCUT2D eigenvalue weighted by Crippen LogP contribution is 2.25. The van der Waals surface area contributed by atoms with Crippen LogP contribution >= 0.6 is 0 Å². The van der Waals surface area contributed by atoms with E-state index in [4.69, 9.17) is 4.42 Å². The Labute approximate surface area is 150 Å². The molecule has 2 aromatic rings. The zero-order valence-electron chi connectivity index (χ0n) is 14.6. The minimum atomic E-state index is -3.53. The molecule has 3 rings (SSSR count). The molecule has 1 fully saturated rings. The summed E-state index contributed by atoms with van der Waals surface area (Å²) in [6.45, 7) is 4.19. The van der Waals surface area contributed by atoms with Gasteiger partial charge in [0, 0.05) is 6.54 Å². The number of hydrogen-bond acceptors (Lipinski definition) is 4. The van der Waals surface area contributed by atoms with E-state index in [0.29, 0.717) is 11.4 Å². The molecule has 0 saturated carbocycles. The van der Waals surface area contributed by atoms with Gasteiger partial charge >= 0.3 is 0 Å². The molecule has 136 valence electrons. The predicted octanol–water partition coefficient (Wildman–Crippen LogP) is 3.48. The maximum absolute atomic E-state index is 12.6. The van der Waals surface area contributed by atoms with E-state index < -0.39 is 10.0 Å². The van der Waals surface area contributed by atoms with Gasteiger partial charge in [-0.1, -0.05) is 30.5 Å². The van der Waals surface area contributed by atoms with Crippen LogP contribution in [0.25, 0.3) is 0 Å². The Morgan fingerprint density at radius 2 is 1.76 bits per heavy atom. The molecule has 1 aliphatic rings. The number of nitrogens with zero attached hydrogens (tertiary/aromatic N) is 1. The summed E-state index contributed by atoms with van der Waals surface area (Å²) in [5.74, 6) is 0.813. The normalized spacial score (nSPS) is 18.0. The van der Waals surface area contributed by atoms with Crippen molar-refractivity contribution in [3.8, 4) is 0 Å². The van der Waals surface area contributed by atoms with Gasteiger partial charge in [-0.3, -0.25) is 4.90 Å². The largest absolute Gasteiger partial charge is 0.468 e. The van der Waals surface area contributed by atoms with Gasteiger partial charge in [-0.25, -0.2) is 13.1 Å². The van der Waals surface area contributed by atoms with Gasteiger partial charge in [0.1, 0.15) is 5.76 Å². The van der Waals surface area contributed by atoms with E-state index in [2.05, 4.69) is 9.62 Å². The average molecular weight is 362 g/mol. The van der Waals surface area contributed by atoms with Crippen molar-refractivity contribution in [1.29, 1.82) is 0 Å². The third-order valence-electron chi connectivity index (χ3n) is 4.75. The van der Waals surface area contributed by atoms with Crippen LogP contribution in [0, 0.1) is 6.92 Å². The van der Waals surface area contributed by atoms with Crippen molar-refractivity contribution in [1.82, 2.24) is 9.62 Å². The molecule has 5 nitrogen and oxygen atoms in total. The number of furan rings is 1. The Kier molecular flexibility index (Phi) is 5.93. The Bertz CT molecular complexity index is 746. The maximum atomic E-state index is 12.6. The summed E-state index contributed by atoms with van der Waals surface area (Å²) in [5, 5.41) is 0. The van der Waals surface area contributed by atoms with E-state index in [1.165, 1.54) is 12.8 Å². The SMILES string of the molecule is Cc1ccc(S(=O)(=O)NCC(c2ccco2)N2CCCCCC2)cc1. The van der Waals surface area contributed by atoms with Gasteiger partial charge in [0.2, 0.25) is 10.0 Å². The molecule has 0 amide bonds. The minimum Gasteiger partial charge on any atom is -0.468 e. The fourth-order valence-corrected chi connectivity index (χ4v) is 4.33. The first-order valence-electron chi connectivity index (χ1n) is 8.90. The fraction of sp³-hybridized carbons (Fsp3) is 0.474. The van der Waals surface area contributed by atoms with Crippen molar-refractivity contribution in [2.75, 3.05) is 19.6 Å². The van der Waals surface area contributed by atoms with Crippen LogP contribution in [0.2, 0.25) is 0 Å².